The lowest BCUT2D eigenvalue weighted by Gasteiger charge is -2.21. The molecule has 1 aromatic heterocycles. The van der Waals surface area contributed by atoms with Crippen molar-refractivity contribution in [2.45, 2.75) is 18.4 Å². The molecule has 172 valence electrons. The summed E-state index contributed by atoms with van der Waals surface area (Å²) in [6.45, 7) is -0.729. The number of carbonyl (C=O) groups is 4. The summed E-state index contributed by atoms with van der Waals surface area (Å²) in [5.41, 5.74) is 0.184. The number of fused-ring (bicyclic) bond motifs is 2. The van der Waals surface area contributed by atoms with E-state index in [1.165, 1.54) is 29.5 Å². The van der Waals surface area contributed by atoms with Crippen molar-refractivity contribution >= 4 is 63.9 Å². The number of nitrogens with zero attached hydrogens (tertiary/aromatic N) is 3. The van der Waals surface area contributed by atoms with Crippen molar-refractivity contribution in [3.63, 3.8) is 0 Å². The van der Waals surface area contributed by atoms with Gasteiger partial charge in [0.2, 0.25) is 17.7 Å². The van der Waals surface area contributed by atoms with Crippen molar-refractivity contribution in [2.75, 3.05) is 11.4 Å². The van der Waals surface area contributed by atoms with Crippen molar-refractivity contribution in [3.8, 4) is 11.3 Å². The van der Waals surface area contributed by atoms with Crippen molar-refractivity contribution in [1.82, 2.24) is 9.88 Å². The van der Waals surface area contributed by atoms with Crippen LogP contribution in [0.15, 0.2) is 47.8 Å². The highest BCUT2D eigenvalue weighted by Gasteiger charge is 2.64. The van der Waals surface area contributed by atoms with Gasteiger partial charge < -0.3 is 5.11 Å². The van der Waals surface area contributed by atoms with Gasteiger partial charge in [-0.1, -0.05) is 35.3 Å². The maximum Gasteiger partial charge on any atom is 0.323 e. The van der Waals surface area contributed by atoms with Gasteiger partial charge in [0.05, 0.1) is 18.7 Å². The Bertz CT molecular complexity index is 1370. The molecule has 5 rings (SSSR count). The molecule has 2 aliphatic rings. The second kappa shape index (κ2) is 8.19. The summed E-state index contributed by atoms with van der Waals surface area (Å²) in [4.78, 5) is 57.9. The quantitative estimate of drug-likeness (QED) is 0.409. The van der Waals surface area contributed by atoms with Crippen LogP contribution in [0, 0.1) is 0 Å². The van der Waals surface area contributed by atoms with Gasteiger partial charge in [0.25, 0.3) is 0 Å². The molecule has 1 N–H and O–H groups in total. The Morgan fingerprint density at radius 1 is 1.03 bits per heavy atom. The number of amides is 3. The molecule has 3 heterocycles. The van der Waals surface area contributed by atoms with Gasteiger partial charge in [-0.2, -0.15) is 0 Å². The predicted molar refractivity (Wildman–Crippen MR) is 126 cm³/mol. The summed E-state index contributed by atoms with van der Waals surface area (Å²) in [5.74, 6) is -3.22. The number of thiazole rings is 1. The van der Waals surface area contributed by atoms with Crippen LogP contribution in [0.2, 0.25) is 10.0 Å². The number of aromatic nitrogens is 1. The molecule has 0 bridgehead atoms. The lowest BCUT2D eigenvalue weighted by atomic mass is 9.80. The number of carboxylic acids is 1. The standard InChI is InChI=1S/C23H15Cl2N3O5S/c24-13-3-1-12(2-4-13)16-11-34-18(26-16)9-28-19(29)8-23(22(28)33)15-7-14(25)5-6-17(15)27(21(23)32)10-20(30)31/h1-7,11H,8-10H2,(H,30,31). The van der Waals surface area contributed by atoms with E-state index in [1.807, 2.05) is 17.5 Å². The molecule has 3 aromatic rings. The monoisotopic (exact) mass is 515 g/mol. The number of likely N-dealkylation sites (tertiary alicyclic amines) is 1. The fraction of sp³-hybridized carbons (Fsp3) is 0.174. The topological polar surface area (TPSA) is 108 Å². The third kappa shape index (κ3) is 3.48. The average Bonchev–Trinajstić information content (AvgIpc) is 3.42. The fourth-order valence-corrected chi connectivity index (χ4v) is 5.47. The summed E-state index contributed by atoms with van der Waals surface area (Å²) >= 11 is 13.4. The molecule has 0 saturated carbocycles. The molecule has 3 amide bonds. The number of imide groups is 1. The number of hydrogen-bond acceptors (Lipinski definition) is 6. The molecule has 1 unspecified atom stereocenters. The molecule has 8 nitrogen and oxygen atoms in total. The number of carboxylic acid groups (broad SMARTS) is 1. The second-order valence-electron chi connectivity index (χ2n) is 7.95. The summed E-state index contributed by atoms with van der Waals surface area (Å²) < 4.78 is 0. The van der Waals surface area contributed by atoms with Crippen LogP contribution < -0.4 is 4.90 Å². The van der Waals surface area contributed by atoms with E-state index in [9.17, 15) is 24.3 Å². The van der Waals surface area contributed by atoms with Gasteiger partial charge in [0.1, 0.15) is 11.6 Å². The van der Waals surface area contributed by atoms with Crippen LogP contribution in [0.3, 0.4) is 0 Å². The largest absolute Gasteiger partial charge is 0.480 e. The lowest BCUT2D eigenvalue weighted by Crippen LogP contribution is -2.47. The fourth-order valence-electron chi connectivity index (χ4n) is 4.38. The zero-order valence-electron chi connectivity index (χ0n) is 17.3. The second-order valence-corrected chi connectivity index (χ2v) is 9.76. The summed E-state index contributed by atoms with van der Waals surface area (Å²) in [7, 11) is 0. The van der Waals surface area contributed by atoms with Crippen LogP contribution >= 0.6 is 34.5 Å². The van der Waals surface area contributed by atoms with E-state index in [0.717, 1.165) is 15.4 Å². The maximum absolute atomic E-state index is 13.6. The molecular formula is C23H15Cl2N3O5S. The van der Waals surface area contributed by atoms with Gasteiger partial charge in [-0.25, -0.2) is 4.98 Å². The molecule has 11 heteroatoms. The van der Waals surface area contributed by atoms with E-state index in [-0.39, 0.29) is 22.8 Å². The normalized spacial score (nSPS) is 19.4. The van der Waals surface area contributed by atoms with Crippen molar-refractivity contribution < 1.29 is 24.3 Å². The van der Waals surface area contributed by atoms with Gasteiger partial charge in [-0.15, -0.1) is 11.3 Å². The Labute approximate surface area is 207 Å². The Hall–Kier alpha value is -3.27. The number of rotatable bonds is 5. The highest BCUT2D eigenvalue weighted by atomic mass is 35.5. The van der Waals surface area contributed by atoms with Crippen LogP contribution in [-0.2, 0) is 31.1 Å². The highest BCUT2D eigenvalue weighted by Crippen LogP contribution is 2.49. The van der Waals surface area contributed by atoms with Gasteiger partial charge in [-0.05, 0) is 30.3 Å². The summed E-state index contributed by atoms with van der Waals surface area (Å²) in [5, 5.41) is 12.5. The average molecular weight is 516 g/mol. The van der Waals surface area contributed by atoms with Gasteiger partial charge in [-0.3, -0.25) is 29.0 Å². The highest BCUT2D eigenvalue weighted by molar-refractivity contribution is 7.10. The SMILES string of the molecule is O=C(O)CN1C(=O)C2(CC(=O)N(Cc3nc(-c4ccc(Cl)cc4)cs3)C2=O)c2cc(Cl)ccc21. The Balaban J connectivity index is 1.48. The molecular weight excluding hydrogens is 501 g/mol. The van der Waals surface area contributed by atoms with E-state index in [1.54, 1.807) is 12.1 Å². The molecule has 1 spiro atoms. The third-order valence-corrected chi connectivity index (χ3v) is 7.25. The smallest absolute Gasteiger partial charge is 0.323 e. The molecule has 2 aliphatic heterocycles. The van der Waals surface area contributed by atoms with E-state index in [4.69, 9.17) is 23.2 Å². The minimum atomic E-state index is -1.83. The molecule has 1 atom stereocenters. The zero-order valence-corrected chi connectivity index (χ0v) is 19.7. The molecule has 1 fully saturated rings. The van der Waals surface area contributed by atoms with Crippen LogP contribution in [0.4, 0.5) is 5.69 Å². The maximum atomic E-state index is 13.6. The number of hydrogen-bond donors (Lipinski definition) is 1. The number of aliphatic carboxylic acids is 1. The van der Waals surface area contributed by atoms with E-state index >= 15 is 0 Å². The molecule has 0 aliphatic carbocycles. The van der Waals surface area contributed by atoms with Crippen LogP contribution in [0.1, 0.15) is 17.0 Å². The number of halogens is 2. The van der Waals surface area contributed by atoms with Gasteiger partial charge in [0, 0.05) is 32.2 Å². The Morgan fingerprint density at radius 2 is 1.71 bits per heavy atom. The minimum Gasteiger partial charge on any atom is -0.480 e. The first-order valence-corrected chi connectivity index (χ1v) is 11.7. The number of benzene rings is 2. The first kappa shape index (κ1) is 22.5. The van der Waals surface area contributed by atoms with Crippen LogP contribution in [0.5, 0.6) is 0 Å². The zero-order chi connectivity index (χ0) is 24.2. The van der Waals surface area contributed by atoms with Crippen LogP contribution in [-0.4, -0.2) is 45.2 Å². The number of carbonyl (C=O) groups excluding carboxylic acids is 3. The van der Waals surface area contributed by atoms with E-state index < -0.39 is 42.1 Å². The van der Waals surface area contributed by atoms with Crippen molar-refractivity contribution in [3.05, 3.63) is 68.5 Å². The van der Waals surface area contributed by atoms with E-state index in [0.29, 0.717) is 15.7 Å². The van der Waals surface area contributed by atoms with Crippen molar-refractivity contribution in [2.24, 2.45) is 0 Å². The summed E-state index contributed by atoms with van der Waals surface area (Å²) in [6, 6.07) is 11.6. The summed E-state index contributed by atoms with van der Waals surface area (Å²) in [6.07, 6.45) is -0.399. The van der Waals surface area contributed by atoms with E-state index in [2.05, 4.69) is 4.98 Å². The minimum absolute atomic E-state index is 0.0974. The molecule has 34 heavy (non-hydrogen) atoms. The number of anilines is 1. The lowest BCUT2D eigenvalue weighted by molar-refractivity contribution is -0.143. The predicted octanol–water partition coefficient (Wildman–Crippen LogP) is 3.75. The van der Waals surface area contributed by atoms with Crippen LogP contribution in [0.25, 0.3) is 11.3 Å². The molecule has 2 aromatic carbocycles. The van der Waals surface area contributed by atoms with Gasteiger partial charge in [0.15, 0.2) is 5.41 Å². The Kier molecular flexibility index (Phi) is 5.43. The van der Waals surface area contributed by atoms with Gasteiger partial charge >= 0.3 is 5.97 Å². The molecule has 1 saturated heterocycles. The third-order valence-electron chi connectivity index (χ3n) is 5.93. The Morgan fingerprint density at radius 3 is 2.41 bits per heavy atom. The first-order chi connectivity index (χ1) is 16.2. The first-order valence-electron chi connectivity index (χ1n) is 10.1. The van der Waals surface area contributed by atoms with Crippen molar-refractivity contribution in [1.29, 1.82) is 0 Å². The molecule has 0 radical (unpaired) electrons.